The third-order valence-electron chi connectivity index (χ3n) is 4.69. The molecular weight excluding hydrogens is 322 g/mol. The van der Waals surface area contributed by atoms with Gasteiger partial charge in [0.2, 0.25) is 5.91 Å². The number of H-pyrrole nitrogens is 1. The van der Waals surface area contributed by atoms with Gasteiger partial charge in [0.15, 0.2) is 0 Å². The number of halogens is 1. The highest BCUT2D eigenvalue weighted by atomic mass is 35.5. The Morgan fingerprint density at radius 2 is 1.92 bits per heavy atom. The first-order valence-corrected chi connectivity index (χ1v) is 8.39. The van der Waals surface area contributed by atoms with Gasteiger partial charge in [-0.05, 0) is 35.7 Å². The van der Waals surface area contributed by atoms with Crippen LogP contribution in [-0.2, 0) is 17.8 Å². The maximum Gasteiger partial charge on any atom is 0.244 e. The van der Waals surface area contributed by atoms with E-state index in [1.165, 1.54) is 10.9 Å². The summed E-state index contributed by atoms with van der Waals surface area (Å²) in [5.74, 6) is -0.0540. The Morgan fingerprint density at radius 1 is 1.17 bits per heavy atom. The number of carbonyl (C=O) groups is 1. The number of benzene rings is 2. The van der Waals surface area contributed by atoms with Gasteiger partial charge in [-0.2, -0.15) is 0 Å². The molecule has 0 radical (unpaired) electrons. The van der Waals surface area contributed by atoms with E-state index < -0.39 is 6.04 Å². The molecule has 1 aliphatic rings. The summed E-state index contributed by atoms with van der Waals surface area (Å²) in [7, 11) is 0. The number of aromatic nitrogens is 1. The van der Waals surface area contributed by atoms with Crippen molar-refractivity contribution in [2.45, 2.75) is 19.0 Å². The molecule has 3 aromatic rings. The van der Waals surface area contributed by atoms with Crippen LogP contribution < -0.4 is 5.73 Å². The van der Waals surface area contributed by atoms with Crippen molar-refractivity contribution in [3.05, 3.63) is 70.4 Å². The first-order chi connectivity index (χ1) is 11.6. The van der Waals surface area contributed by atoms with Crippen LogP contribution >= 0.6 is 11.6 Å². The van der Waals surface area contributed by atoms with E-state index in [1.807, 2.05) is 29.2 Å². The second kappa shape index (κ2) is 5.96. The summed E-state index contributed by atoms with van der Waals surface area (Å²) in [5.41, 5.74) is 10.5. The highest BCUT2D eigenvalue weighted by Crippen LogP contribution is 2.28. The van der Waals surface area contributed by atoms with Crippen LogP contribution in [0.5, 0.6) is 0 Å². The van der Waals surface area contributed by atoms with Crippen molar-refractivity contribution < 1.29 is 4.79 Å². The SMILES string of the molecule is NC(C(=O)N1CCc2c([nH]c3ccccc23)C1)c1ccc(Cl)cc1. The minimum absolute atomic E-state index is 0.0540. The van der Waals surface area contributed by atoms with Gasteiger partial charge in [0, 0.05) is 28.2 Å². The number of hydrogen-bond donors (Lipinski definition) is 2. The van der Waals surface area contributed by atoms with Gasteiger partial charge in [0.25, 0.3) is 0 Å². The van der Waals surface area contributed by atoms with Gasteiger partial charge >= 0.3 is 0 Å². The van der Waals surface area contributed by atoms with Gasteiger partial charge in [-0.15, -0.1) is 0 Å². The third-order valence-corrected chi connectivity index (χ3v) is 4.94. The van der Waals surface area contributed by atoms with E-state index in [9.17, 15) is 4.79 Å². The molecule has 0 saturated carbocycles. The average Bonchev–Trinajstić information content (AvgIpc) is 2.99. The quantitative estimate of drug-likeness (QED) is 0.751. The Bertz CT molecular complexity index is 901. The van der Waals surface area contributed by atoms with E-state index in [-0.39, 0.29) is 5.91 Å². The van der Waals surface area contributed by atoms with Gasteiger partial charge in [0.05, 0.1) is 6.54 Å². The second-order valence-corrected chi connectivity index (χ2v) is 6.60. The van der Waals surface area contributed by atoms with E-state index in [2.05, 4.69) is 17.1 Å². The summed E-state index contributed by atoms with van der Waals surface area (Å²) < 4.78 is 0. The fourth-order valence-corrected chi connectivity index (χ4v) is 3.52. The van der Waals surface area contributed by atoms with Crippen molar-refractivity contribution in [3.8, 4) is 0 Å². The van der Waals surface area contributed by atoms with Crippen LogP contribution in [0.2, 0.25) is 5.02 Å². The predicted octanol–water partition coefficient (Wildman–Crippen LogP) is 3.41. The molecule has 0 aliphatic carbocycles. The third kappa shape index (κ3) is 2.58. The molecule has 0 saturated heterocycles. The van der Waals surface area contributed by atoms with Crippen molar-refractivity contribution >= 4 is 28.4 Å². The molecule has 4 nitrogen and oxygen atoms in total. The van der Waals surface area contributed by atoms with Gasteiger partial charge in [-0.25, -0.2) is 0 Å². The number of carbonyl (C=O) groups excluding carboxylic acids is 1. The minimum atomic E-state index is -0.659. The molecule has 1 aliphatic heterocycles. The first kappa shape index (κ1) is 15.2. The molecule has 1 unspecified atom stereocenters. The molecule has 122 valence electrons. The number of fused-ring (bicyclic) bond motifs is 3. The Morgan fingerprint density at radius 3 is 2.71 bits per heavy atom. The summed E-state index contributed by atoms with van der Waals surface area (Å²) in [6.07, 6.45) is 0.846. The fourth-order valence-electron chi connectivity index (χ4n) is 3.39. The first-order valence-electron chi connectivity index (χ1n) is 8.02. The standard InChI is InChI=1S/C19H18ClN3O/c20-13-7-5-12(6-8-13)18(21)19(24)23-10-9-15-14-3-1-2-4-16(14)22-17(15)11-23/h1-8,18,22H,9-11,21H2. The highest BCUT2D eigenvalue weighted by molar-refractivity contribution is 6.30. The molecule has 1 aromatic heterocycles. The summed E-state index contributed by atoms with van der Waals surface area (Å²) in [6.45, 7) is 1.26. The molecule has 24 heavy (non-hydrogen) atoms. The number of para-hydroxylation sites is 1. The smallest absolute Gasteiger partial charge is 0.244 e. The van der Waals surface area contributed by atoms with Crippen molar-refractivity contribution in [1.29, 1.82) is 0 Å². The molecule has 1 atom stereocenters. The summed E-state index contributed by atoms with van der Waals surface area (Å²) in [4.78, 5) is 18.0. The zero-order chi connectivity index (χ0) is 16.7. The molecule has 0 spiro atoms. The van der Waals surface area contributed by atoms with E-state index in [0.717, 1.165) is 23.2 Å². The Hall–Kier alpha value is -2.30. The van der Waals surface area contributed by atoms with Crippen LogP contribution in [0.15, 0.2) is 48.5 Å². The molecule has 3 N–H and O–H groups in total. The number of amides is 1. The van der Waals surface area contributed by atoms with Gasteiger partial charge in [-0.3, -0.25) is 4.79 Å². The monoisotopic (exact) mass is 339 g/mol. The summed E-state index contributed by atoms with van der Waals surface area (Å²) in [5, 5.41) is 1.89. The number of nitrogens with two attached hydrogens (primary N) is 1. The summed E-state index contributed by atoms with van der Waals surface area (Å²) >= 11 is 5.90. The molecule has 2 heterocycles. The lowest BCUT2D eigenvalue weighted by Gasteiger charge is -2.29. The number of aromatic amines is 1. The normalized spacial score (nSPS) is 15.3. The van der Waals surface area contributed by atoms with Crippen LogP contribution in [0.3, 0.4) is 0 Å². The number of nitrogens with zero attached hydrogens (tertiary/aromatic N) is 1. The van der Waals surface area contributed by atoms with Crippen molar-refractivity contribution in [1.82, 2.24) is 9.88 Å². The molecule has 4 rings (SSSR count). The molecule has 0 fully saturated rings. The topological polar surface area (TPSA) is 62.1 Å². The lowest BCUT2D eigenvalue weighted by Crippen LogP contribution is -2.41. The zero-order valence-electron chi connectivity index (χ0n) is 13.1. The largest absolute Gasteiger partial charge is 0.357 e. The van der Waals surface area contributed by atoms with Crippen LogP contribution in [0.1, 0.15) is 22.9 Å². The Kier molecular flexibility index (Phi) is 3.79. The van der Waals surface area contributed by atoms with E-state index in [1.54, 1.807) is 12.1 Å². The van der Waals surface area contributed by atoms with Crippen LogP contribution in [0.25, 0.3) is 10.9 Å². The Labute approximate surface area is 145 Å². The van der Waals surface area contributed by atoms with Gasteiger partial charge in [0.1, 0.15) is 6.04 Å². The van der Waals surface area contributed by atoms with Crippen LogP contribution in [0.4, 0.5) is 0 Å². The molecule has 2 aromatic carbocycles. The van der Waals surface area contributed by atoms with E-state index in [4.69, 9.17) is 17.3 Å². The molecular formula is C19H18ClN3O. The number of hydrogen-bond acceptors (Lipinski definition) is 2. The number of rotatable bonds is 2. The van der Waals surface area contributed by atoms with Crippen molar-refractivity contribution in [3.63, 3.8) is 0 Å². The average molecular weight is 340 g/mol. The second-order valence-electron chi connectivity index (χ2n) is 6.17. The van der Waals surface area contributed by atoms with Crippen molar-refractivity contribution in [2.75, 3.05) is 6.54 Å². The number of nitrogens with one attached hydrogen (secondary N) is 1. The Balaban J connectivity index is 1.57. The van der Waals surface area contributed by atoms with E-state index >= 15 is 0 Å². The van der Waals surface area contributed by atoms with Crippen LogP contribution in [0, 0.1) is 0 Å². The highest BCUT2D eigenvalue weighted by Gasteiger charge is 2.27. The summed E-state index contributed by atoms with van der Waals surface area (Å²) in [6, 6.07) is 14.7. The molecule has 1 amide bonds. The lowest BCUT2D eigenvalue weighted by atomic mass is 10.0. The minimum Gasteiger partial charge on any atom is -0.357 e. The van der Waals surface area contributed by atoms with E-state index in [0.29, 0.717) is 18.1 Å². The maximum atomic E-state index is 12.8. The van der Waals surface area contributed by atoms with Gasteiger partial charge in [-0.1, -0.05) is 41.9 Å². The predicted molar refractivity (Wildman–Crippen MR) is 95.8 cm³/mol. The lowest BCUT2D eigenvalue weighted by molar-refractivity contribution is -0.133. The molecule has 0 bridgehead atoms. The maximum absolute atomic E-state index is 12.8. The van der Waals surface area contributed by atoms with Crippen LogP contribution in [-0.4, -0.2) is 22.3 Å². The fraction of sp³-hybridized carbons (Fsp3) is 0.211. The molecule has 5 heteroatoms. The zero-order valence-corrected chi connectivity index (χ0v) is 13.9. The van der Waals surface area contributed by atoms with Gasteiger partial charge < -0.3 is 15.6 Å². The van der Waals surface area contributed by atoms with Crippen molar-refractivity contribution in [2.24, 2.45) is 5.73 Å².